The van der Waals surface area contributed by atoms with Gasteiger partial charge in [-0.1, -0.05) is 12.1 Å². The maximum absolute atomic E-state index is 6.09. The second-order valence-corrected chi connectivity index (χ2v) is 9.10. The van der Waals surface area contributed by atoms with Gasteiger partial charge in [-0.15, -0.1) is 0 Å². The molecule has 0 bridgehead atoms. The lowest BCUT2D eigenvalue weighted by Crippen LogP contribution is -2.20. The zero-order valence-corrected chi connectivity index (χ0v) is 20.7. The number of hydrogen-bond donors (Lipinski definition) is 2. The second kappa shape index (κ2) is 10.8. The van der Waals surface area contributed by atoms with Crippen molar-refractivity contribution in [2.24, 2.45) is 9.98 Å². The third kappa shape index (κ3) is 5.31. The van der Waals surface area contributed by atoms with E-state index in [4.69, 9.17) is 13.9 Å². The first-order valence-corrected chi connectivity index (χ1v) is 12.9. The molecule has 0 saturated heterocycles. The first kappa shape index (κ1) is 23.2. The summed E-state index contributed by atoms with van der Waals surface area (Å²) >= 11 is 0. The normalized spacial score (nSPS) is 14.7. The maximum Gasteiger partial charge on any atom is 0.135 e. The molecule has 0 radical (unpaired) electrons. The number of rotatable bonds is 10. The summed E-state index contributed by atoms with van der Waals surface area (Å²) in [5.41, 5.74) is 4.02. The number of aliphatic imine (C=N–C) groups is 2. The van der Waals surface area contributed by atoms with Crippen LogP contribution in [0.1, 0.15) is 24.0 Å². The fraction of sp³-hybridized carbons (Fsp3) is 0.267. The molecular weight excluding hydrogens is 464 g/mol. The summed E-state index contributed by atoms with van der Waals surface area (Å²) in [5, 5.41) is 7.71. The van der Waals surface area contributed by atoms with Crippen LogP contribution in [0.4, 0.5) is 0 Å². The van der Waals surface area contributed by atoms with Gasteiger partial charge in [-0.05, 0) is 73.5 Å². The molecule has 0 aliphatic carbocycles. The van der Waals surface area contributed by atoms with E-state index in [9.17, 15) is 0 Å². The standard InChI is InChI=1S/C30H30N4O3/c1-2-6-27(25(5-1)30-33-15-16-34-30)36-18-4-3-17-35-24-10-7-21(8-11-24)28-20-23-19-22(9-12-26(23)37-28)29-31-13-14-32-29/h1-2,5-12,19-20H,3-4,13-18H2,(H,31,32)(H,33,34). The summed E-state index contributed by atoms with van der Waals surface area (Å²) in [4.78, 5) is 9.01. The van der Waals surface area contributed by atoms with Crippen LogP contribution in [-0.2, 0) is 0 Å². The minimum atomic E-state index is 0.643. The molecule has 7 heteroatoms. The predicted molar refractivity (Wildman–Crippen MR) is 147 cm³/mol. The molecule has 3 aromatic carbocycles. The van der Waals surface area contributed by atoms with Gasteiger partial charge in [0, 0.05) is 29.6 Å². The Morgan fingerprint density at radius 2 is 1.46 bits per heavy atom. The average molecular weight is 495 g/mol. The Balaban J connectivity index is 0.987. The van der Waals surface area contributed by atoms with Crippen molar-refractivity contribution in [3.05, 3.63) is 83.9 Å². The highest BCUT2D eigenvalue weighted by Crippen LogP contribution is 2.30. The molecule has 1 aromatic heterocycles. The van der Waals surface area contributed by atoms with E-state index in [1.807, 2.05) is 54.6 Å². The van der Waals surface area contributed by atoms with Crippen molar-refractivity contribution in [1.82, 2.24) is 10.6 Å². The van der Waals surface area contributed by atoms with Crippen molar-refractivity contribution in [1.29, 1.82) is 0 Å². The van der Waals surface area contributed by atoms with E-state index in [-0.39, 0.29) is 0 Å². The van der Waals surface area contributed by atoms with Gasteiger partial charge in [0.15, 0.2) is 0 Å². The van der Waals surface area contributed by atoms with Gasteiger partial charge in [0.1, 0.15) is 34.5 Å². The Morgan fingerprint density at radius 3 is 2.24 bits per heavy atom. The van der Waals surface area contributed by atoms with Gasteiger partial charge in [0.2, 0.25) is 0 Å². The fourth-order valence-electron chi connectivity index (χ4n) is 4.58. The van der Waals surface area contributed by atoms with E-state index < -0.39 is 0 Å². The molecule has 3 heterocycles. The number of nitrogens with zero attached hydrogens (tertiary/aromatic N) is 2. The van der Waals surface area contributed by atoms with E-state index in [1.165, 1.54) is 0 Å². The van der Waals surface area contributed by atoms with Gasteiger partial charge >= 0.3 is 0 Å². The van der Waals surface area contributed by atoms with E-state index in [0.29, 0.717) is 13.2 Å². The summed E-state index contributed by atoms with van der Waals surface area (Å²) < 4.78 is 18.1. The highest BCUT2D eigenvalue weighted by atomic mass is 16.5. The topological polar surface area (TPSA) is 80.4 Å². The lowest BCUT2D eigenvalue weighted by molar-refractivity contribution is 0.266. The van der Waals surface area contributed by atoms with E-state index in [2.05, 4.69) is 38.8 Å². The highest BCUT2D eigenvalue weighted by molar-refractivity contribution is 6.03. The minimum absolute atomic E-state index is 0.643. The Labute approximate surface area is 216 Å². The lowest BCUT2D eigenvalue weighted by Gasteiger charge is -2.12. The summed E-state index contributed by atoms with van der Waals surface area (Å²) in [6.45, 7) is 4.71. The van der Waals surface area contributed by atoms with Crippen LogP contribution in [0.15, 0.2) is 87.2 Å². The number of para-hydroxylation sites is 1. The van der Waals surface area contributed by atoms with Gasteiger partial charge < -0.3 is 24.5 Å². The molecule has 0 saturated carbocycles. The van der Waals surface area contributed by atoms with Crippen molar-refractivity contribution in [2.45, 2.75) is 12.8 Å². The number of furan rings is 1. The number of unbranched alkanes of at least 4 members (excludes halogenated alkanes) is 1. The van der Waals surface area contributed by atoms with E-state index in [1.54, 1.807) is 0 Å². The highest BCUT2D eigenvalue weighted by Gasteiger charge is 2.13. The lowest BCUT2D eigenvalue weighted by atomic mass is 10.1. The van der Waals surface area contributed by atoms with Crippen LogP contribution in [0.2, 0.25) is 0 Å². The van der Waals surface area contributed by atoms with Crippen molar-refractivity contribution in [3.63, 3.8) is 0 Å². The molecule has 0 fully saturated rings. The zero-order chi connectivity index (χ0) is 24.9. The average Bonchev–Trinajstić information content (AvgIpc) is 3.73. The number of benzene rings is 3. The molecule has 0 unspecified atom stereocenters. The van der Waals surface area contributed by atoms with Crippen LogP contribution >= 0.6 is 0 Å². The van der Waals surface area contributed by atoms with Crippen LogP contribution in [0, 0.1) is 0 Å². The molecule has 2 aliphatic heterocycles. The van der Waals surface area contributed by atoms with Gasteiger partial charge in [-0.3, -0.25) is 9.98 Å². The number of hydrogen-bond acceptors (Lipinski definition) is 7. The quantitative estimate of drug-likeness (QED) is 0.302. The van der Waals surface area contributed by atoms with Crippen LogP contribution in [0.3, 0.4) is 0 Å². The van der Waals surface area contributed by atoms with Gasteiger partial charge in [0.25, 0.3) is 0 Å². The number of nitrogens with one attached hydrogen (secondary N) is 2. The Kier molecular flexibility index (Phi) is 6.75. The Bertz CT molecular complexity index is 1440. The molecule has 7 nitrogen and oxygen atoms in total. The molecule has 2 aliphatic rings. The molecule has 37 heavy (non-hydrogen) atoms. The number of fused-ring (bicyclic) bond motifs is 1. The van der Waals surface area contributed by atoms with Crippen molar-refractivity contribution < 1.29 is 13.9 Å². The van der Waals surface area contributed by atoms with Gasteiger partial charge in [0.05, 0.1) is 31.9 Å². The molecule has 6 rings (SSSR count). The number of ether oxygens (including phenoxy) is 2. The molecular formula is C30H30N4O3. The van der Waals surface area contributed by atoms with Crippen molar-refractivity contribution >= 4 is 22.6 Å². The predicted octanol–water partition coefficient (Wildman–Crippen LogP) is 5.04. The third-order valence-corrected chi connectivity index (χ3v) is 6.48. The summed E-state index contributed by atoms with van der Waals surface area (Å²) in [6, 6.07) is 24.4. The smallest absolute Gasteiger partial charge is 0.135 e. The van der Waals surface area contributed by atoms with Crippen molar-refractivity contribution in [3.8, 4) is 22.8 Å². The zero-order valence-electron chi connectivity index (χ0n) is 20.7. The third-order valence-electron chi connectivity index (χ3n) is 6.48. The maximum atomic E-state index is 6.09. The molecule has 2 N–H and O–H groups in total. The molecule has 0 spiro atoms. The van der Waals surface area contributed by atoms with Gasteiger partial charge in [-0.2, -0.15) is 0 Å². The van der Waals surface area contributed by atoms with Crippen LogP contribution in [0.25, 0.3) is 22.3 Å². The molecule has 188 valence electrons. The Morgan fingerprint density at radius 1 is 0.730 bits per heavy atom. The minimum Gasteiger partial charge on any atom is -0.494 e. The number of amidine groups is 2. The van der Waals surface area contributed by atoms with Gasteiger partial charge in [-0.25, -0.2) is 0 Å². The Hall–Kier alpha value is -4.26. The summed E-state index contributed by atoms with van der Waals surface area (Å²) in [5.74, 6) is 4.45. The van der Waals surface area contributed by atoms with Crippen LogP contribution < -0.4 is 20.1 Å². The summed E-state index contributed by atoms with van der Waals surface area (Å²) in [6.07, 6.45) is 1.82. The van der Waals surface area contributed by atoms with E-state index >= 15 is 0 Å². The first-order chi connectivity index (χ1) is 18.3. The largest absolute Gasteiger partial charge is 0.494 e. The first-order valence-electron chi connectivity index (χ1n) is 12.9. The van der Waals surface area contributed by atoms with Crippen LogP contribution in [0.5, 0.6) is 11.5 Å². The van der Waals surface area contributed by atoms with Crippen LogP contribution in [-0.4, -0.2) is 51.1 Å². The molecule has 4 aromatic rings. The monoisotopic (exact) mass is 494 g/mol. The molecule has 0 amide bonds. The molecule has 0 atom stereocenters. The van der Waals surface area contributed by atoms with Crippen molar-refractivity contribution in [2.75, 3.05) is 39.4 Å². The summed E-state index contributed by atoms with van der Waals surface area (Å²) in [7, 11) is 0. The SMILES string of the molecule is c1ccc(C2=NCCN2)c(OCCCCOc2ccc(-c3cc4cc(C5=NCCN5)ccc4o3)cc2)c1. The second-order valence-electron chi connectivity index (χ2n) is 9.10. The fourth-order valence-corrected chi connectivity index (χ4v) is 4.58. The van der Waals surface area contributed by atoms with E-state index in [0.717, 1.165) is 95.6 Å².